The molecule has 104 valence electrons. The molecule has 18 heavy (non-hydrogen) atoms. The molecular formula is C11H21N3O4. The summed E-state index contributed by atoms with van der Waals surface area (Å²) < 4.78 is 0. The Morgan fingerprint density at radius 2 is 1.72 bits per heavy atom. The first-order valence-corrected chi connectivity index (χ1v) is 5.92. The number of urea groups is 1. The van der Waals surface area contributed by atoms with Gasteiger partial charge in [0.25, 0.3) is 0 Å². The number of amides is 3. The lowest BCUT2D eigenvalue weighted by Crippen LogP contribution is -2.48. The highest BCUT2D eigenvalue weighted by molar-refractivity contribution is 5.85. The topological polar surface area (TPSA) is 90.0 Å². The van der Waals surface area contributed by atoms with Crippen LogP contribution in [0, 0.1) is 0 Å². The summed E-state index contributed by atoms with van der Waals surface area (Å²) in [4.78, 5) is 36.5. The number of nitrogens with one attached hydrogen (secondary N) is 1. The predicted molar refractivity (Wildman–Crippen MR) is 66.2 cm³/mol. The fraction of sp³-hybridized carbons (Fsp3) is 0.727. The van der Waals surface area contributed by atoms with Crippen molar-refractivity contribution in [2.75, 3.05) is 33.2 Å². The highest BCUT2D eigenvalue weighted by Crippen LogP contribution is 2.01. The normalized spacial score (nSPS) is 9.72. The van der Waals surface area contributed by atoms with Crippen molar-refractivity contribution in [3.05, 3.63) is 0 Å². The van der Waals surface area contributed by atoms with Crippen LogP contribution in [0.2, 0.25) is 0 Å². The number of carboxylic acids is 1. The molecule has 0 aliphatic rings. The molecule has 0 aliphatic carbocycles. The van der Waals surface area contributed by atoms with Crippen molar-refractivity contribution in [3.8, 4) is 0 Å². The van der Waals surface area contributed by atoms with Crippen LogP contribution in [0.4, 0.5) is 4.79 Å². The Hall–Kier alpha value is -1.79. The van der Waals surface area contributed by atoms with Gasteiger partial charge in [0.05, 0.1) is 0 Å². The summed E-state index contributed by atoms with van der Waals surface area (Å²) in [5, 5.41) is 11.2. The summed E-state index contributed by atoms with van der Waals surface area (Å²) >= 11 is 0. The van der Waals surface area contributed by atoms with Gasteiger partial charge in [-0.15, -0.1) is 0 Å². The Bertz CT molecular complexity index is 307. The maximum atomic E-state index is 12.1. The van der Waals surface area contributed by atoms with E-state index in [1.807, 2.05) is 6.92 Å². The molecule has 0 spiro atoms. The van der Waals surface area contributed by atoms with Gasteiger partial charge < -0.3 is 20.2 Å². The number of aliphatic carboxylic acids is 1. The van der Waals surface area contributed by atoms with Crippen LogP contribution in [0.3, 0.4) is 0 Å². The van der Waals surface area contributed by atoms with Crippen LogP contribution >= 0.6 is 0 Å². The number of carboxylic acid groups (broad SMARTS) is 1. The molecule has 0 radical (unpaired) electrons. The molecule has 7 nitrogen and oxygen atoms in total. The lowest BCUT2D eigenvalue weighted by molar-refractivity contribution is -0.137. The van der Waals surface area contributed by atoms with E-state index in [0.29, 0.717) is 19.5 Å². The maximum Gasteiger partial charge on any atom is 0.323 e. The van der Waals surface area contributed by atoms with Crippen LogP contribution in [0.25, 0.3) is 0 Å². The zero-order valence-electron chi connectivity index (χ0n) is 11.1. The highest BCUT2D eigenvalue weighted by Gasteiger charge is 2.22. The molecule has 0 rings (SSSR count). The Morgan fingerprint density at radius 3 is 2.11 bits per heavy atom. The van der Waals surface area contributed by atoms with E-state index >= 15 is 0 Å². The summed E-state index contributed by atoms with van der Waals surface area (Å²) in [6, 6.07) is -0.426. The molecule has 0 aromatic rings. The van der Waals surface area contributed by atoms with E-state index in [0.717, 1.165) is 0 Å². The predicted octanol–water partition coefficient (Wildman–Crippen LogP) is -0.0291. The van der Waals surface area contributed by atoms with Gasteiger partial charge in [-0.2, -0.15) is 0 Å². The molecule has 3 amide bonds. The van der Waals surface area contributed by atoms with Crippen molar-refractivity contribution in [1.29, 1.82) is 0 Å². The summed E-state index contributed by atoms with van der Waals surface area (Å²) in [6.45, 7) is 3.90. The molecule has 0 saturated heterocycles. The van der Waals surface area contributed by atoms with Gasteiger partial charge in [0.1, 0.15) is 13.1 Å². The molecule has 0 fully saturated rings. The van der Waals surface area contributed by atoms with Gasteiger partial charge in [-0.3, -0.25) is 9.59 Å². The molecule has 7 heteroatoms. The Kier molecular flexibility index (Phi) is 7.50. The number of rotatable bonds is 7. The molecule has 0 aromatic carbocycles. The van der Waals surface area contributed by atoms with Crippen LogP contribution < -0.4 is 5.32 Å². The number of likely N-dealkylation sites (N-methyl/N-ethyl adjacent to an activating group) is 2. The minimum atomic E-state index is -1.06. The second-order valence-corrected chi connectivity index (χ2v) is 3.79. The van der Waals surface area contributed by atoms with Crippen LogP contribution in [0.5, 0.6) is 0 Å². The largest absolute Gasteiger partial charge is 0.480 e. The van der Waals surface area contributed by atoms with Crippen LogP contribution in [0.1, 0.15) is 20.3 Å². The number of carbonyl (C=O) groups excluding carboxylic acids is 2. The quantitative estimate of drug-likeness (QED) is 0.672. The van der Waals surface area contributed by atoms with Crippen molar-refractivity contribution in [2.24, 2.45) is 0 Å². The van der Waals surface area contributed by atoms with E-state index < -0.39 is 12.0 Å². The van der Waals surface area contributed by atoms with Crippen molar-refractivity contribution in [1.82, 2.24) is 15.1 Å². The fourth-order valence-electron chi connectivity index (χ4n) is 1.44. The molecule has 0 unspecified atom stereocenters. The van der Waals surface area contributed by atoms with E-state index in [-0.39, 0.29) is 19.0 Å². The van der Waals surface area contributed by atoms with Gasteiger partial charge in [0.15, 0.2) is 0 Å². The first-order chi connectivity index (χ1) is 8.46. The number of hydrogen-bond donors (Lipinski definition) is 2. The molecule has 0 aliphatic heterocycles. The van der Waals surface area contributed by atoms with Gasteiger partial charge in [0.2, 0.25) is 5.91 Å². The van der Waals surface area contributed by atoms with Crippen molar-refractivity contribution in [2.45, 2.75) is 20.3 Å². The summed E-state index contributed by atoms with van der Waals surface area (Å²) in [6.07, 6.45) is 0.663. The second-order valence-electron chi connectivity index (χ2n) is 3.79. The zero-order chi connectivity index (χ0) is 14.1. The van der Waals surface area contributed by atoms with Gasteiger partial charge in [-0.25, -0.2) is 4.79 Å². The summed E-state index contributed by atoms with van der Waals surface area (Å²) in [5.74, 6) is -1.34. The lowest BCUT2D eigenvalue weighted by atomic mass is 10.4. The van der Waals surface area contributed by atoms with E-state index in [1.165, 1.54) is 16.8 Å². The Morgan fingerprint density at radius 1 is 1.11 bits per heavy atom. The molecule has 0 bridgehead atoms. The standard InChI is InChI=1S/C11H21N3O4/c1-4-6-14(8-10(16)17)11(18)13(5-2)7-9(15)12-3/h4-8H2,1-3H3,(H,12,15)(H,16,17). The van der Waals surface area contributed by atoms with Crippen molar-refractivity contribution in [3.63, 3.8) is 0 Å². The second kappa shape index (κ2) is 8.32. The van der Waals surface area contributed by atoms with Crippen LogP contribution in [-0.4, -0.2) is 66.0 Å². The number of carbonyl (C=O) groups is 3. The molecule has 2 N–H and O–H groups in total. The van der Waals surface area contributed by atoms with Crippen molar-refractivity contribution < 1.29 is 19.5 Å². The fourth-order valence-corrected chi connectivity index (χ4v) is 1.44. The lowest BCUT2D eigenvalue weighted by Gasteiger charge is -2.28. The van der Waals surface area contributed by atoms with E-state index in [4.69, 9.17) is 5.11 Å². The van der Waals surface area contributed by atoms with Gasteiger partial charge in [-0.05, 0) is 13.3 Å². The molecule has 0 heterocycles. The maximum absolute atomic E-state index is 12.1. The van der Waals surface area contributed by atoms with Gasteiger partial charge >= 0.3 is 12.0 Å². The van der Waals surface area contributed by atoms with Crippen LogP contribution in [0.15, 0.2) is 0 Å². The number of hydrogen-bond acceptors (Lipinski definition) is 3. The third-order valence-electron chi connectivity index (χ3n) is 2.36. The average Bonchev–Trinajstić information content (AvgIpc) is 2.33. The smallest absolute Gasteiger partial charge is 0.323 e. The molecule has 0 atom stereocenters. The first kappa shape index (κ1) is 16.2. The highest BCUT2D eigenvalue weighted by atomic mass is 16.4. The van der Waals surface area contributed by atoms with Gasteiger partial charge in [-0.1, -0.05) is 6.92 Å². The minimum Gasteiger partial charge on any atom is -0.480 e. The molecular weight excluding hydrogens is 238 g/mol. The SMILES string of the molecule is CCCN(CC(=O)O)C(=O)N(CC)CC(=O)NC. The summed E-state index contributed by atoms with van der Waals surface area (Å²) in [7, 11) is 1.49. The number of nitrogens with zero attached hydrogens (tertiary/aromatic N) is 2. The van der Waals surface area contributed by atoms with Crippen molar-refractivity contribution >= 4 is 17.9 Å². The first-order valence-electron chi connectivity index (χ1n) is 5.92. The Labute approximate surface area is 107 Å². The van der Waals surface area contributed by atoms with E-state index in [1.54, 1.807) is 6.92 Å². The third-order valence-corrected chi connectivity index (χ3v) is 2.36. The summed E-state index contributed by atoms with van der Waals surface area (Å²) in [5.41, 5.74) is 0. The monoisotopic (exact) mass is 259 g/mol. The Balaban J connectivity index is 4.68. The third kappa shape index (κ3) is 5.51. The van der Waals surface area contributed by atoms with Crippen LogP contribution in [-0.2, 0) is 9.59 Å². The minimum absolute atomic E-state index is 0.0638. The van der Waals surface area contributed by atoms with Gasteiger partial charge in [0, 0.05) is 20.1 Å². The van der Waals surface area contributed by atoms with E-state index in [2.05, 4.69) is 5.32 Å². The average molecular weight is 259 g/mol. The molecule has 0 saturated carbocycles. The van der Waals surface area contributed by atoms with E-state index in [9.17, 15) is 14.4 Å². The molecule has 0 aromatic heterocycles. The zero-order valence-corrected chi connectivity index (χ0v) is 11.1.